The van der Waals surface area contributed by atoms with Crippen molar-refractivity contribution in [1.29, 1.82) is 0 Å². The second-order valence-electron chi connectivity index (χ2n) is 5.36. The molecular formula is C14H16BrNO2. The van der Waals surface area contributed by atoms with E-state index >= 15 is 0 Å². The van der Waals surface area contributed by atoms with Crippen molar-refractivity contribution in [2.45, 2.75) is 19.3 Å². The monoisotopic (exact) mass is 309 g/mol. The summed E-state index contributed by atoms with van der Waals surface area (Å²) in [6.45, 7) is 2.17. The summed E-state index contributed by atoms with van der Waals surface area (Å²) in [5, 5.41) is 9.10. The molecular weight excluding hydrogens is 294 g/mol. The average molecular weight is 310 g/mol. The molecule has 1 heterocycles. The minimum absolute atomic E-state index is 0.358. The molecule has 1 saturated carbocycles. The van der Waals surface area contributed by atoms with Crippen LogP contribution in [0.25, 0.3) is 0 Å². The van der Waals surface area contributed by atoms with Gasteiger partial charge in [-0.05, 0) is 42.9 Å². The molecule has 18 heavy (non-hydrogen) atoms. The van der Waals surface area contributed by atoms with Gasteiger partial charge in [0.05, 0.1) is 5.56 Å². The van der Waals surface area contributed by atoms with Crippen LogP contribution < -0.4 is 4.90 Å². The van der Waals surface area contributed by atoms with Crippen molar-refractivity contribution >= 4 is 27.6 Å². The molecule has 96 valence electrons. The maximum Gasteiger partial charge on any atom is 0.335 e. The van der Waals surface area contributed by atoms with Gasteiger partial charge >= 0.3 is 5.97 Å². The molecule has 1 saturated heterocycles. The van der Waals surface area contributed by atoms with Gasteiger partial charge in [-0.15, -0.1) is 0 Å². The highest BCUT2D eigenvalue weighted by molar-refractivity contribution is 9.10. The average Bonchev–Trinajstić information content (AvgIpc) is 2.87. The Morgan fingerprint density at radius 1 is 1.22 bits per heavy atom. The highest BCUT2D eigenvalue weighted by atomic mass is 79.9. The Hall–Kier alpha value is -1.03. The summed E-state index contributed by atoms with van der Waals surface area (Å²) in [6.07, 6.45) is 4.03. The van der Waals surface area contributed by atoms with Gasteiger partial charge in [-0.25, -0.2) is 4.79 Å². The van der Waals surface area contributed by atoms with Crippen molar-refractivity contribution in [2.24, 2.45) is 11.8 Å². The lowest BCUT2D eigenvalue weighted by molar-refractivity contribution is 0.0697. The van der Waals surface area contributed by atoms with Gasteiger partial charge in [-0.1, -0.05) is 22.4 Å². The number of benzene rings is 1. The normalized spacial score (nSPS) is 26.4. The topological polar surface area (TPSA) is 40.5 Å². The van der Waals surface area contributed by atoms with Gasteiger partial charge in [0.15, 0.2) is 0 Å². The minimum Gasteiger partial charge on any atom is -0.478 e. The SMILES string of the molecule is O=C(O)c1cc(Br)cc(N2CC3CCCC3C2)c1. The molecule has 3 rings (SSSR count). The number of halogens is 1. The zero-order valence-corrected chi connectivity index (χ0v) is 11.7. The molecule has 2 atom stereocenters. The van der Waals surface area contributed by atoms with E-state index in [2.05, 4.69) is 20.8 Å². The minimum atomic E-state index is -0.864. The molecule has 4 heteroatoms. The first kappa shape index (κ1) is 12.0. The first-order valence-corrected chi connectivity index (χ1v) is 7.21. The molecule has 2 aliphatic rings. The molecule has 1 aromatic carbocycles. The van der Waals surface area contributed by atoms with Gasteiger partial charge in [0.1, 0.15) is 0 Å². The lowest BCUT2D eigenvalue weighted by Gasteiger charge is -2.20. The van der Waals surface area contributed by atoms with E-state index < -0.39 is 5.97 Å². The van der Waals surface area contributed by atoms with Gasteiger partial charge in [0.2, 0.25) is 0 Å². The van der Waals surface area contributed by atoms with Crippen LogP contribution in [0.15, 0.2) is 22.7 Å². The molecule has 0 spiro atoms. The Kier molecular flexibility index (Phi) is 3.06. The molecule has 1 aliphatic heterocycles. The highest BCUT2D eigenvalue weighted by Crippen LogP contribution is 2.40. The zero-order valence-electron chi connectivity index (χ0n) is 10.1. The van der Waals surface area contributed by atoms with Crippen molar-refractivity contribution in [3.8, 4) is 0 Å². The van der Waals surface area contributed by atoms with Crippen LogP contribution in [0.3, 0.4) is 0 Å². The van der Waals surface area contributed by atoms with Crippen LogP contribution in [0.4, 0.5) is 5.69 Å². The van der Waals surface area contributed by atoms with E-state index in [4.69, 9.17) is 5.11 Å². The van der Waals surface area contributed by atoms with Crippen LogP contribution >= 0.6 is 15.9 Å². The van der Waals surface area contributed by atoms with Crippen LogP contribution in [-0.4, -0.2) is 24.2 Å². The van der Waals surface area contributed by atoms with Crippen LogP contribution in [0, 0.1) is 11.8 Å². The van der Waals surface area contributed by atoms with E-state index in [-0.39, 0.29) is 0 Å². The first-order valence-electron chi connectivity index (χ1n) is 6.42. The maximum atomic E-state index is 11.1. The van der Waals surface area contributed by atoms with E-state index in [0.717, 1.165) is 35.1 Å². The standard InChI is InChI=1S/C14H16BrNO2/c15-12-4-11(14(17)18)5-13(6-12)16-7-9-2-1-3-10(9)8-16/h4-6,9-10H,1-3,7-8H2,(H,17,18). The molecule has 1 aromatic rings. The molecule has 2 unspecified atom stereocenters. The van der Waals surface area contributed by atoms with E-state index in [9.17, 15) is 4.79 Å². The maximum absolute atomic E-state index is 11.1. The van der Waals surface area contributed by atoms with E-state index in [1.165, 1.54) is 19.3 Å². The lowest BCUT2D eigenvalue weighted by atomic mass is 10.0. The van der Waals surface area contributed by atoms with E-state index in [1.807, 2.05) is 6.07 Å². The van der Waals surface area contributed by atoms with Crippen molar-refractivity contribution < 1.29 is 9.90 Å². The molecule has 0 aromatic heterocycles. The lowest BCUT2D eigenvalue weighted by Crippen LogP contribution is -2.21. The fourth-order valence-electron chi connectivity index (χ4n) is 3.33. The number of hydrogen-bond donors (Lipinski definition) is 1. The second-order valence-corrected chi connectivity index (χ2v) is 6.27. The Balaban J connectivity index is 1.86. The quantitative estimate of drug-likeness (QED) is 0.910. The van der Waals surface area contributed by atoms with Gasteiger partial charge in [0.25, 0.3) is 0 Å². The zero-order chi connectivity index (χ0) is 12.7. The van der Waals surface area contributed by atoms with Gasteiger partial charge in [0, 0.05) is 23.2 Å². The Bertz CT molecular complexity index is 477. The third-order valence-corrected chi connectivity index (χ3v) is 4.68. The smallest absolute Gasteiger partial charge is 0.335 e. The number of rotatable bonds is 2. The number of aromatic carboxylic acids is 1. The summed E-state index contributed by atoms with van der Waals surface area (Å²) < 4.78 is 0.842. The van der Waals surface area contributed by atoms with Gasteiger partial charge in [-0.2, -0.15) is 0 Å². The van der Waals surface area contributed by atoms with Crippen LogP contribution in [0.1, 0.15) is 29.6 Å². The van der Waals surface area contributed by atoms with Crippen molar-refractivity contribution in [3.63, 3.8) is 0 Å². The number of nitrogens with zero attached hydrogens (tertiary/aromatic N) is 1. The molecule has 0 bridgehead atoms. The Morgan fingerprint density at radius 3 is 2.50 bits per heavy atom. The van der Waals surface area contributed by atoms with Crippen molar-refractivity contribution in [2.75, 3.05) is 18.0 Å². The second kappa shape index (κ2) is 4.57. The molecule has 1 N–H and O–H groups in total. The summed E-state index contributed by atoms with van der Waals surface area (Å²) in [5.74, 6) is 0.770. The van der Waals surface area contributed by atoms with Gasteiger partial charge < -0.3 is 10.0 Å². The summed E-state index contributed by atoms with van der Waals surface area (Å²) in [4.78, 5) is 13.4. The number of anilines is 1. The highest BCUT2D eigenvalue weighted by Gasteiger charge is 2.36. The molecule has 3 nitrogen and oxygen atoms in total. The number of hydrogen-bond acceptors (Lipinski definition) is 2. The summed E-state index contributed by atoms with van der Waals surface area (Å²) in [7, 11) is 0. The number of carboxylic acid groups (broad SMARTS) is 1. The largest absolute Gasteiger partial charge is 0.478 e. The fourth-order valence-corrected chi connectivity index (χ4v) is 3.81. The third-order valence-electron chi connectivity index (χ3n) is 4.22. The predicted molar refractivity (Wildman–Crippen MR) is 74.1 cm³/mol. The Morgan fingerprint density at radius 2 is 1.89 bits per heavy atom. The predicted octanol–water partition coefficient (Wildman–Crippen LogP) is 3.38. The van der Waals surface area contributed by atoms with Crippen molar-refractivity contribution in [3.05, 3.63) is 28.2 Å². The summed E-state index contributed by atoms with van der Waals surface area (Å²) in [5.41, 5.74) is 1.40. The van der Waals surface area contributed by atoms with Crippen LogP contribution in [-0.2, 0) is 0 Å². The first-order chi connectivity index (χ1) is 8.63. The van der Waals surface area contributed by atoms with Crippen LogP contribution in [0.2, 0.25) is 0 Å². The van der Waals surface area contributed by atoms with Gasteiger partial charge in [-0.3, -0.25) is 0 Å². The third kappa shape index (κ3) is 2.14. The summed E-state index contributed by atoms with van der Waals surface area (Å²) >= 11 is 3.40. The number of carboxylic acids is 1. The summed E-state index contributed by atoms with van der Waals surface area (Å²) in [6, 6.07) is 5.46. The fraction of sp³-hybridized carbons (Fsp3) is 0.500. The molecule has 1 aliphatic carbocycles. The van der Waals surface area contributed by atoms with Crippen LogP contribution in [0.5, 0.6) is 0 Å². The van der Waals surface area contributed by atoms with Crippen molar-refractivity contribution in [1.82, 2.24) is 0 Å². The number of fused-ring (bicyclic) bond motifs is 1. The van der Waals surface area contributed by atoms with E-state index in [0.29, 0.717) is 5.56 Å². The Labute approximate surface area is 115 Å². The molecule has 2 fully saturated rings. The molecule has 0 amide bonds. The van der Waals surface area contributed by atoms with E-state index in [1.54, 1.807) is 12.1 Å². The number of carbonyl (C=O) groups is 1. The molecule has 0 radical (unpaired) electrons.